The number of rotatable bonds is 5. The van der Waals surface area contributed by atoms with E-state index in [0.29, 0.717) is 11.6 Å². The molecule has 0 radical (unpaired) electrons. The molecular weight excluding hydrogens is 425 g/mol. The van der Waals surface area contributed by atoms with E-state index < -0.39 is 47.3 Å². The van der Waals surface area contributed by atoms with Gasteiger partial charge in [0.05, 0.1) is 11.5 Å². The number of nitrogens with zero attached hydrogens (tertiary/aromatic N) is 1. The maximum Gasteiger partial charge on any atom is 0.309 e. The highest BCUT2D eigenvalue weighted by molar-refractivity contribution is 5.96. The average Bonchev–Trinajstić information content (AvgIpc) is 2.76. The second-order valence-electron chi connectivity index (χ2n) is 7.72. The number of hydrogen-bond acceptors (Lipinski definition) is 4. The van der Waals surface area contributed by atoms with E-state index in [-0.39, 0.29) is 37.2 Å². The van der Waals surface area contributed by atoms with Gasteiger partial charge in [-0.1, -0.05) is 6.07 Å². The summed E-state index contributed by atoms with van der Waals surface area (Å²) in [6.07, 6.45) is -0.532. The lowest BCUT2D eigenvalue weighted by atomic mass is 9.96. The van der Waals surface area contributed by atoms with Crippen LogP contribution in [0.15, 0.2) is 36.4 Å². The maximum absolute atomic E-state index is 13.9. The second-order valence-corrected chi connectivity index (χ2v) is 7.72. The first-order valence-corrected chi connectivity index (χ1v) is 10.2. The highest BCUT2D eigenvalue weighted by Gasteiger charge is 2.31. The number of nitrogens with one attached hydrogen (secondary N) is 1. The molecule has 0 bridgehead atoms. The van der Waals surface area contributed by atoms with Crippen molar-refractivity contribution in [2.24, 2.45) is 5.92 Å². The summed E-state index contributed by atoms with van der Waals surface area (Å²) in [5.41, 5.74) is 0.459. The number of carbonyl (C=O) groups excluding carboxylic acids is 3. The molecule has 1 saturated heterocycles. The Morgan fingerprint density at radius 2 is 1.72 bits per heavy atom. The number of likely N-dealkylation sites (tertiary alicyclic amines) is 1. The summed E-state index contributed by atoms with van der Waals surface area (Å²) in [7, 11) is 0. The summed E-state index contributed by atoms with van der Waals surface area (Å²) in [5.74, 6) is -4.45. The van der Waals surface area contributed by atoms with Gasteiger partial charge in [-0.2, -0.15) is 0 Å². The molecule has 3 rings (SSSR count). The number of esters is 1. The smallest absolute Gasteiger partial charge is 0.309 e. The molecule has 0 aliphatic carbocycles. The van der Waals surface area contributed by atoms with Gasteiger partial charge in [-0.05, 0) is 56.5 Å². The van der Waals surface area contributed by atoms with Gasteiger partial charge in [0.25, 0.3) is 11.8 Å². The van der Waals surface area contributed by atoms with E-state index >= 15 is 0 Å². The van der Waals surface area contributed by atoms with Gasteiger partial charge >= 0.3 is 5.97 Å². The largest absolute Gasteiger partial charge is 0.452 e. The first-order chi connectivity index (χ1) is 15.2. The summed E-state index contributed by atoms with van der Waals surface area (Å²) < 4.78 is 45.8. The van der Waals surface area contributed by atoms with Crippen LogP contribution in [0, 0.1) is 30.3 Å². The standard InChI is InChI=1S/C23H23F3N2O4/c1-13-3-5-17(12-19(13)25)27-21(29)14(2)32-23(31)15-7-9-28(10-8-15)22(30)18-6-4-16(24)11-20(18)26/h3-6,11-12,14-15H,7-10H2,1-2H3,(H,27,29). The van der Waals surface area contributed by atoms with Crippen LogP contribution < -0.4 is 5.32 Å². The van der Waals surface area contributed by atoms with E-state index in [9.17, 15) is 27.6 Å². The Hall–Kier alpha value is -3.36. The SMILES string of the molecule is Cc1ccc(NC(=O)C(C)OC(=O)C2CCN(C(=O)c3ccc(F)cc3F)CC2)cc1F. The lowest BCUT2D eigenvalue weighted by Gasteiger charge is -2.31. The minimum absolute atomic E-state index is 0.193. The number of amides is 2. The van der Waals surface area contributed by atoms with Crippen molar-refractivity contribution in [3.8, 4) is 0 Å². The van der Waals surface area contributed by atoms with E-state index in [4.69, 9.17) is 4.74 Å². The summed E-state index contributed by atoms with van der Waals surface area (Å²) in [4.78, 5) is 38.5. The molecule has 1 N–H and O–H groups in total. The number of benzene rings is 2. The topological polar surface area (TPSA) is 75.7 Å². The molecule has 2 aromatic rings. The normalized spacial score (nSPS) is 15.2. The van der Waals surface area contributed by atoms with Crippen molar-refractivity contribution >= 4 is 23.5 Å². The molecule has 1 atom stereocenters. The van der Waals surface area contributed by atoms with Gasteiger partial charge in [0.15, 0.2) is 6.10 Å². The minimum atomic E-state index is -1.10. The van der Waals surface area contributed by atoms with Gasteiger partial charge in [-0.3, -0.25) is 14.4 Å². The molecule has 0 saturated carbocycles. The molecule has 2 aromatic carbocycles. The Morgan fingerprint density at radius 1 is 1.03 bits per heavy atom. The van der Waals surface area contributed by atoms with Crippen molar-refractivity contribution in [1.29, 1.82) is 0 Å². The predicted molar refractivity (Wildman–Crippen MR) is 110 cm³/mol. The zero-order valence-electron chi connectivity index (χ0n) is 17.7. The minimum Gasteiger partial charge on any atom is -0.452 e. The molecule has 1 heterocycles. The lowest BCUT2D eigenvalue weighted by molar-refractivity contribution is -0.158. The number of halogens is 3. The van der Waals surface area contributed by atoms with Crippen molar-refractivity contribution in [2.75, 3.05) is 18.4 Å². The van der Waals surface area contributed by atoms with Crippen LogP contribution in [0.4, 0.5) is 18.9 Å². The number of piperidine rings is 1. The molecule has 32 heavy (non-hydrogen) atoms. The number of hydrogen-bond donors (Lipinski definition) is 1. The van der Waals surface area contributed by atoms with Crippen molar-refractivity contribution < 1.29 is 32.3 Å². The molecule has 1 unspecified atom stereocenters. The molecule has 1 fully saturated rings. The van der Waals surface area contributed by atoms with E-state index in [0.717, 1.165) is 12.1 Å². The van der Waals surface area contributed by atoms with Gasteiger partial charge in [-0.15, -0.1) is 0 Å². The molecular formula is C23H23F3N2O4. The Balaban J connectivity index is 1.50. The van der Waals surface area contributed by atoms with E-state index in [1.807, 2.05) is 0 Å². The van der Waals surface area contributed by atoms with Gasteiger partial charge in [-0.25, -0.2) is 13.2 Å². The Bertz CT molecular complexity index is 1040. The van der Waals surface area contributed by atoms with Crippen LogP contribution in [0.2, 0.25) is 0 Å². The van der Waals surface area contributed by atoms with Crippen LogP contribution in [0.25, 0.3) is 0 Å². The third-order valence-electron chi connectivity index (χ3n) is 5.38. The second kappa shape index (κ2) is 9.84. The van der Waals surface area contributed by atoms with Gasteiger partial charge in [0, 0.05) is 24.8 Å². The molecule has 170 valence electrons. The highest BCUT2D eigenvalue weighted by atomic mass is 19.1. The van der Waals surface area contributed by atoms with Gasteiger partial charge < -0.3 is 15.0 Å². The Morgan fingerprint density at radius 3 is 2.34 bits per heavy atom. The van der Waals surface area contributed by atoms with Gasteiger partial charge in [0.1, 0.15) is 17.5 Å². The maximum atomic E-state index is 13.9. The number of anilines is 1. The number of aryl methyl sites for hydroxylation is 1. The molecule has 0 spiro atoms. The molecule has 1 aliphatic rings. The van der Waals surface area contributed by atoms with Crippen molar-refractivity contribution in [2.45, 2.75) is 32.8 Å². The summed E-state index contributed by atoms with van der Waals surface area (Å²) >= 11 is 0. The van der Waals surface area contributed by atoms with Crippen LogP contribution in [0.3, 0.4) is 0 Å². The fraction of sp³-hybridized carbons (Fsp3) is 0.348. The van der Waals surface area contributed by atoms with E-state index in [1.165, 1.54) is 24.0 Å². The van der Waals surface area contributed by atoms with Crippen LogP contribution in [-0.2, 0) is 14.3 Å². The summed E-state index contributed by atoms with van der Waals surface area (Å²) in [5, 5.41) is 2.50. The van der Waals surface area contributed by atoms with Crippen molar-refractivity contribution in [3.05, 3.63) is 65.0 Å². The quantitative estimate of drug-likeness (QED) is 0.706. The molecule has 0 aromatic heterocycles. The summed E-state index contributed by atoms with van der Waals surface area (Å²) in [6, 6.07) is 6.99. The first kappa shape index (κ1) is 23.3. The number of carbonyl (C=O) groups is 3. The fourth-order valence-corrected chi connectivity index (χ4v) is 3.39. The first-order valence-electron chi connectivity index (χ1n) is 10.2. The highest BCUT2D eigenvalue weighted by Crippen LogP contribution is 2.22. The third-order valence-corrected chi connectivity index (χ3v) is 5.38. The third kappa shape index (κ3) is 5.46. The van der Waals surface area contributed by atoms with Crippen LogP contribution in [0.5, 0.6) is 0 Å². The Kier molecular flexibility index (Phi) is 7.17. The molecule has 6 nitrogen and oxygen atoms in total. The van der Waals surface area contributed by atoms with Gasteiger partial charge in [0.2, 0.25) is 0 Å². The zero-order valence-corrected chi connectivity index (χ0v) is 17.7. The molecule has 2 amide bonds. The lowest BCUT2D eigenvalue weighted by Crippen LogP contribution is -2.42. The van der Waals surface area contributed by atoms with Crippen LogP contribution in [-0.4, -0.2) is 41.9 Å². The predicted octanol–water partition coefficient (Wildman–Crippen LogP) is 3.83. The van der Waals surface area contributed by atoms with Crippen LogP contribution in [0.1, 0.15) is 35.7 Å². The summed E-state index contributed by atoms with van der Waals surface area (Å²) in [6.45, 7) is 3.39. The average molecular weight is 448 g/mol. The van der Waals surface area contributed by atoms with Crippen molar-refractivity contribution in [3.63, 3.8) is 0 Å². The van der Waals surface area contributed by atoms with Crippen molar-refractivity contribution in [1.82, 2.24) is 4.90 Å². The zero-order chi connectivity index (χ0) is 23.4. The van der Waals surface area contributed by atoms with E-state index in [1.54, 1.807) is 13.0 Å². The van der Waals surface area contributed by atoms with Crippen LogP contribution >= 0.6 is 0 Å². The molecule has 1 aliphatic heterocycles. The van der Waals surface area contributed by atoms with E-state index in [2.05, 4.69) is 5.32 Å². The number of ether oxygens (including phenoxy) is 1. The molecule has 9 heteroatoms. The fourth-order valence-electron chi connectivity index (χ4n) is 3.39. The monoisotopic (exact) mass is 448 g/mol. The Labute approximate surface area is 183 Å².